The number of tetrazole rings is 1. The van der Waals surface area contributed by atoms with Gasteiger partial charge in [0.15, 0.2) is 5.60 Å². The summed E-state index contributed by atoms with van der Waals surface area (Å²) >= 11 is 0. The minimum atomic E-state index is -4.16. The number of aromatic nitrogens is 8. The molecule has 0 spiro atoms. The van der Waals surface area contributed by atoms with Crippen molar-refractivity contribution in [1.82, 2.24) is 39.5 Å². The van der Waals surface area contributed by atoms with Crippen LogP contribution < -0.4 is 15.5 Å². The summed E-state index contributed by atoms with van der Waals surface area (Å²) < 4.78 is 71.1. The van der Waals surface area contributed by atoms with Gasteiger partial charge in [-0.15, -0.1) is 5.10 Å². The van der Waals surface area contributed by atoms with Crippen molar-refractivity contribution >= 4 is 11.4 Å². The van der Waals surface area contributed by atoms with Gasteiger partial charge in [-0.3, -0.25) is 4.98 Å². The van der Waals surface area contributed by atoms with Gasteiger partial charge in [0.25, 0.3) is 0 Å². The van der Waals surface area contributed by atoms with E-state index < -0.39 is 41.0 Å². The average Bonchev–Trinajstić information content (AvgIpc) is 3.95. The Morgan fingerprint density at radius 1 is 0.806 bits per heavy atom. The number of hydrogen-bond donors (Lipinski definition) is 1. The molecule has 0 bridgehead atoms. The largest absolute Gasteiger partial charge is 0.377 e. The number of halogens is 4. The highest BCUT2D eigenvalue weighted by atomic mass is 19.3. The fraction of sp³-hybridized carbons (Fsp3) is 0.289. The molecule has 0 aliphatic carbocycles. The van der Waals surface area contributed by atoms with E-state index in [0.717, 1.165) is 83.6 Å². The molecule has 62 heavy (non-hydrogen) atoms. The zero-order valence-electron chi connectivity index (χ0n) is 34.0. The molecule has 8 rings (SSSR count). The molecule has 4 aromatic carbocycles. The van der Waals surface area contributed by atoms with Crippen molar-refractivity contribution in [3.8, 4) is 16.8 Å². The summed E-state index contributed by atoms with van der Waals surface area (Å²) in [6.45, 7) is 6.53. The van der Waals surface area contributed by atoms with Crippen molar-refractivity contribution in [2.24, 2.45) is 0 Å². The lowest BCUT2D eigenvalue weighted by Gasteiger charge is -2.37. The van der Waals surface area contributed by atoms with Gasteiger partial charge in [-0.2, -0.15) is 13.9 Å². The summed E-state index contributed by atoms with van der Waals surface area (Å²) in [4.78, 5) is 22.1. The monoisotopic (exact) mass is 848 g/mol. The van der Waals surface area contributed by atoms with Crippen LogP contribution in [0.2, 0.25) is 0 Å². The Morgan fingerprint density at radius 3 is 2.05 bits per heavy atom. The molecule has 3 aromatic heterocycles. The SMILES string of the molecule is CC[C@@H]([C@H](C)OCc1ccccc1)n1ncn(-c2ccc(N3CCN(c4ccc(-c5ccc(C(F)(F)[C@](O)(Cn6cnnn6)c6ccc(F)cc6F)nc5)cc4)CC3)cc2)c1=O. The second-order valence-corrected chi connectivity index (χ2v) is 15.2. The van der Waals surface area contributed by atoms with Crippen LogP contribution in [0.1, 0.15) is 43.1 Å². The first-order chi connectivity index (χ1) is 29.9. The first-order valence-corrected chi connectivity index (χ1v) is 20.2. The van der Waals surface area contributed by atoms with Gasteiger partial charge in [0.05, 0.1) is 31.0 Å². The minimum Gasteiger partial charge on any atom is -0.377 e. The lowest BCUT2D eigenvalue weighted by atomic mass is 9.84. The maximum absolute atomic E-state index is 16.2. The maximum atomic E-state index is 16.2. The first-order valence-electron chi connectivity index (χ1n) is 20.2. The Hall–Kier alpha value is -6.72. The van der Waals surface area contributed by atoms with Crippen LogP contribution in [0.4, 0.5) is 28.9 Å². The van der Waals surface area contributed by atoms with Gasteiger partial charge in [0, 0.05) is 60.9 Å². The van der Waals surface area contributed by atoms with Crippen LogP contribution in [0.3, 0.4) is 0 Å². The van der Waals surface area contributed by atoms with Crippen LogP contribution in [0.25, 0.3) is 16.8 Å². The van der Waals surface area contributed by atoms with E-state index in [1.807, 2.05) is 92.7 Å². The van der Waals surface area contributed by atoms with Crippen LogP contribution in [-0.2, 0) is 29.4 Å². The van der Waals surface area contributed by atoms with E-state index in [1.165, 1.54) is 16.9 Å². The Morgan fingerprint density at radius 2 is 1.45 bits per heavy atom. The molecule has 320 valence electrons. The van der Waals surface area contributed by atoms with Crippen LogP contribution in [0, 0.1) is 11.6 Å². The third-order valence-corrected chi connectivity index (χ3v) is 11.4. The molecule has 3 atom stereocenters. The predicted octanol–water partition coefficient (Wildman–Crippen LogP) is 6.92. The van der Waals surface area contributed by atoms with Crippen LogP contribution in [-0.4, -0.2) is 76.9 Å². The summed E-state index contributed by atoms with van der Waals surface area (Å²) in [6.07, 6.45) is 4.27. The molecule has 7 aromatic rings. The standard InChI is InChI=1S/C45H44F4N10O3/c1-3-41(31(2)62-27-32-7-5-4-6-8-32)59-43(60)58(30-52-59)38-17-15-37(16-18-38)56-23-21-55(22-24-56)36-13-9-33(10-14-36)34-11-20-42(50-26-34)45(48,49)44(61,28-57-29-51-53-54-57)39-19-12-35(46)25-40(39)47/h4-20,25-26,29-31,41,61H,3,21-24,27-28H2,1-2H3/t31-,41-,44-/m0/s1. The molecule has 13 nitrogen and oxygen atoms in total. The van der Waals surface area contributed by atoms with E-state index in [4.69, 9.17) is 4.74 Å². The molecule has 1 fully saturated rings. The molecule has 1 aliphatic heterocycles. The number of benzene rings is 4. The molecule has 1 saturated heterocycles. The van der Waals surface area contributed by atoms with Gasteiger partial charge in [0.1, 0.15) is 30.0 Å². The Bertz CT molecular complexity index is 2620. The number of ether oxygens (including phenoxy) is 1. The van der Waals surface area contributed by atoms with E-state index in [-0.39, 0.29) is 17.8 Å². The van der Waals surface area contributed by atoms with Crippen molar-refractivity contribution in [3.63, 3.8) is 0 Å². The van der Waals surface area contributed by atoms with E-state index in [9.17, 15) is 18.7 Å². The predicted molar refractivity (Wildman–Crippen MR) is 224 cm³/mol. The number of hydrogen-bond acceptors (Lipinski definition) is 10. The summed E-state index contributed by atoms with van der Waals surface area (Å²) in [5.41, 5.74) is -0.0285. The Balaban J connectivity index is 0.886. The number of nitrogens with zero attached hydrogens (tertiary/aromatic N) is 10. The molecule has 17 heteroatoms. The molecule has 0 unspecified atom stereocenters. The number of pyridine rings is 1. The highest BCUT2D eigenvalue weighted by Crippen LogP contribution is 2.47. The molecule has 0 amide bonds. The summed E-state index contributed by atoms with van der Waals surface area (Å²) in [7, 11) is 0. The van der Waals surface area contributed by atoms with Crippen molar-refractivity contribution in [2.45, 2.75) is 57.1 Å². The molecule has 1 aliphatic rings. The topological polar surface area (TPSA) is 132 Å². The van der Waals surface area contributed by atoms with Gasteiger partial charge in [-0.25, -0.2) is 27.5 Å². The van der Waals surface area contributed by atoms with Gasteiger partial charge < -0.3 is 19.6 Å². The van der Waals surface area contributed by atoms with Gasteiger partial charge in [0.2, 0.25) is 0 Å². The lowest BCUT2D eigenvalue weighted by molar-refractivity contribution is -0.207. The number of piperazine rings is 1. The quantitative estimate of drug-likeness (QED) is 0.109. The summed E-state index contributed by atoms with van der Waals surface area (Å²) in [5, 5.41) is 26.3. The molecular weight excluding hydrogens is 805 g/mol. The third-order valence-electron chi connectivity index (χ3n) is 11.4. The van der Waals surface area contributed by atoms with Crippen molar-refractivity contribution in [2.75, 3.05) is 36.0 Å². The van der Waals surface area contributed by atoms with Crippen molar-refractivity contribution < 1.29 is 27.4 Å². The van der Waals surface area contributed by atoms with E-state index >= 15 is 8.78 Å². The zero-order chi connectivity index (χ0) is 43.4. The van der Waals surface area contributed by atoms with E-state index in [2.05, 4.69) is 35.4 Å². The molecule has 0 radical (unpaired) electrons. The number of anilines is 2. The van der Waals surface area contributed by atoms with Crippen LogP contribution >= 0.6 is 0 Å². The summed E-state index contributed by atoms with van der Waals surface area (Å²) in [6, 6.07) is 29.7. The number of aliphatic hydroxyl groups is 1. The van der Waals surface area contributed by atoms with Gasteiger partial charge >= 0.3 is 11.6 Å². The van der Waals surface area contributed by atoms with Crippen LogP contribution in [0.5, 0.6) is 0 Å². The number of alkyl halides is 2. The third kappa shape index (κ3) is 8.45. The lowest BCUT2D eigenvalue weighted by Crippen LogP contribution is -2.48. The second-order valence-electron chi connectivity index (χ2n) is 15.2. The maximum Gasteiger partial charge on any atom is 0.350 e. The van der Waals surface area contributed by atoms with Crippen molar-refractivity contribution in [1.29, 1.82) is 0 Å². The van der Waals surface area contributed by atoms with Crippen LogP contribution in [0.15, 0.2) is 133 Å². The number of rotatable bonds is 15. The van der Waals surface area contributed by atoms with E-state index in [1.54, 1.807) is 10.9 Å². The second kappa shape index (κ2) is 17.7. The smallest absolute Gasteiger partial charge is 0.350 e. The average molecular weight is 849 g/mol. The Kier molecular flexibility index (Phi) is 12.0. The molecular formula is C45H44F4N10O3. The highest BCUT2D eigenvalue weighted by molar-refractivity contribution is 5.66. The highest BCUT2D eigenvalue weighted by Gasteiger charge is 2.58. The fourth-order valence-electron chi connectivity index (χ4n) is 7.88. The molecule has 4 heterocycles. The summed E-state index contributed by atoms with van der Waals surface area (Å²) in [5.74, 6) is -6.51. The van der Waals surface area contributed by atoms with E-state index in [0.29, 0.717) is 24.7 Å². The molecule has 0 saturated carbocycles. The Labute approximate surface area is 354 Å². The first kappa shape index (κ1) is 42.0. The molecule has 1 N–H and O–H groups in total. The normalized spacial score (nSPS) is 15.3. The zero-order valence-corrected chi connectivity index (χ0v) is 34.0. The fourth-order valence-corrected chi connectivity index (χ4v) is 7.88. The minimum absolute atomic E-state index is 0.223. The van der Waals surface area contributed by atoms with Gasteiger partial charge in [-0.05, 0) is 89.5 Å². The van der Waals surface area contributed by atoms with Crippen molar-refractivity contribution in [3.05, 3.63) is 167 Å². The van der Waals surface area contributed by atoms with Gasteiger partial charge in [-0.1, -0.05) is 55.5 Å².